The maximum absolute atomic E-state index is 13.8. The van der Waals surface area contributed by atoms with Crippen molar-refractivity contribution in [3.05, 3.63) is 59.4 Å². The molecule has 5 nitrogen and oxygen atoms in total. The molecule has 0 aliphatic carbocycles. The first kappa shape index (κ1) is 18.0. The van der Waals surface area contributed by atoms with Crippen LogP contribution in [0.3, 0.4) is 0 Å². The number of hydrogen-bond acceptors (Lipinski definition) is 2. The van der Waals surface area contributed by atoms with Crippen LogP contribution in [0.15, 0.2) is 36.5 Å². The number of fused-ring (bicyclic) bond motifs is 1. The van der Waals surface area contributed by atoms with Crippen LogP contribution in [0.1, 0.15) is 31.1 Å². The summed E-state index contributed by atoms with van der Waals surface area (Å²) < 4.78 is 58.0. The molecule has 0 spiro atoms. The Labute approximate surface area is 146 Å². The SMILES string of the molecule is CCN(CC)S(=O)(=O)N1CCn2cccc2C1c1ccc(F)c(F)c1. The molecule has 1 atom stereocenters. The lowest BCUT2D eigenvalue weighted by molar-refractivity contribution is 0.270. The minimum atomic E-state index is -3.73. The van der Waals surface area contributed by atoms with Gasteiger partial charge in [0.25, 0.3) is 10.2 Å². The monoisotopic (exact) mass is 369 g/mol. The molecule has 1 aromatic heterocycles. The molecular formula is C17H21F2N3O2S. The second-order valence-electron chi connectivity index (χ2n) is 5.91. The van der Waals surface area contributed by atoms with Crippen molar-refractivity contribution in [2.45, 2.75) is 26.4 Å². The van der Waals surface area contributed by atoms with Crippen LogP contribution in [0.25, 0.3) is 0 Å². The number of hydrogen-bond donors (Lipinski definition) is 0. The summed E-state index contributed by atoms with van der Waals surface area (Å²) in [5.74, 6) is -1.94. The van der Waals surface area contributed by atoms with Crippen LogP contribution in [-0.2, 0) is 16.8 Å². The third kappa shape index (κ3) is 3.09. The fourth-order valence-corrected chi connectivity index (χ4v) is 5.09. The van der Waals surface area contributed by atoms with Gasteiger partial charge >= 0.3 is 0 Å². The molecule has 0 saturated carbocycles. The van der Waals surface area contributed by atoms with E-state index in [1.54, 1.807) is 13.8 Å². The molecule has 25 heavy (non-hydrogen) atoms. The first-order valence-corrected chi connectivity index (χ1v) is 9.66. The Balaban J connectivity index is 2.13. The van der Waals surface area contributed by atoms with Crippen LogP contribution in [0.2, 0.25) is 0 Å². The van der Waals surface area contributed by atoms with E-state index in [2.05, 4.69) is 0 Å². The fraction of sp³-hybridized carbons (Fsp3) is 0.412. The van der Waals surface area contributed by atoms with Crippen LogP contribution >= 0.6 is 0 Å². The smallest absolute Gasteiger partial charge is 0.282 e. The Morgan fingerprint density at radius 1 is 1.12 bits per heavy atom. The van der Waals surface area contributed by atoms with Crippen molar-refractivity contribution in [3.63, 3.8) is 0 Å². The molecule has 3 rings (SSSR count). The maximum atomic E-state index is 13.8. The lowest BCUT2D eigenvalue weighted by Gasteiger charge is -2.38. The Morgan fingerprint density at radius 3 is 2.48 bits per heavy atom. The quantitative estimate of drug-likeness (QED) is 0.814. The van der Waals surface area contributed by atoms with Gasteiger partial charge in [-0.25, -0.2) is 8.78 Å². The summed E-state index contributed by atoms with van der Waals surface area (Å²) in [6.07, 6.45) is 1.86. The molecule has 0 saturated heterocycles. The van der Waals surface area contributed by atoms with E-state index in [1.165, 1.54) is 14.7 Å². The summed E-state index contributed by atoms with van der Waals surface area (Å²) in [5, 5.41) is 0. The number of halogens is 2. The normalized spacial score (nSPS) is 18.5. The third-order valence-electron chi connectivity index (χ3n) is 4.58. The van der Waals surface area contributed by atoms with Gasteiger partial charge in [-0.3, -0.25) is 0 Å². The van der Waals surface area contributed by atoms with Crippen LogP contribution < -0.4 is 0 Å². The molecule has 1 aromatic carbocycles. The summed E-state index contributed by atoms with van der Waals surface area (Å²) >= 11 is 0. The molecule has 0 bridgehead atoms. The summed E-state index contributed by atoms with van der Waals surface area (Å²) in [4.78, 5) is 0. The minimum Gasteiger partial charge on any atom is -0.348 e. The Kier molecular flexibility index (Phi) is 4.95. The van der Waals surface area contributed by atoms with E-state index in [0.29, 0.717) is 25.2 Å². The molecule has 0 amide bonds. The van der Waals surface area contributed by atoms with Gasteiger partial charge in [-0.15, -0.1) is 0 Å². The van der Waals surface area contributed by atoms with Crippen LogP contribution in [0.5, 0.6) is 0 Å². The van der Waals surface area contributed by atoms with E-state index in [0.717, 1.165) is 17.8 Å². The zero-order valence-electron chi connectivity index (χ0n) is 14.2. The van der Waals surface area contributed by atoms with Gasteiger partial charge in [-0.05, 0) is 29.8 Å². The lowest BCUT2D eigenvalue weighted by atomic mass is 10.0. The van der Waals surface area contributed by atoms with E-state index >= 15 is 0 Å². The number of benzene rings is 1. The molecule has 2 heterocycles. The van der Waals surface area contributed by atoms with Crippen LogP contribution in [0.4, 0.5) is 8.78 Å². The van der Waals surface area contributed by atoms with Crippen LogP contribution in [0, 0.1) is 11.6 Å². The van der Waals surface area contributed by atoms with Gasteiger partial charge in [-0.1, -0.05) is 19.9 Å². The molecule has 1 aliphatic rings. The van der Waals surface area contributed by atoms with Gasteiger partial charge in [0.1, 0.15) is 0 Å². The Hall–Kier alpha value is -1.77. The molecule has 0 N–H and O–H groups in total. The second kappa shape index (κ2) is 6.86. The lowest BCUT2D eigenvalue weighted by Crippen LogP contribution is -2.49. The highest BCUT2D eigenvalue weighted by Gasteiger charge is 2.39. The van der Waals surface area contributed by atoms with E-state index in [-0.39, 0.29) is 6.54 Å². The third-order valence-corrected chi connectivity index (χ3v) is 6.74. The maximum Gasteiger partial charge on any atom is 0.282 e. The van der Waals surface area contributed by atoms with Gasteiger partial charge in [0, 0.05) is 38.1 Å². The Bertz CT molecular complexity index is 863. The first-order valence-electron chi connectivity index (χ1n) is 8.27. The van der Waals surface area contributed by atoms with Crippen molar-refractivity contribution >= 4 is 10.2 Å². The number of aromatic nitrogens is 1. The molecule has 8 heteroatoms. The van der Waals surface area contributed by atoms with Gasteiger partial charge in [-0.2, -0.15) is 17.0 Å². The van der Waals surface area contributed by atoms with Crippen molar-refractivity contribution < 1.29 is 17.2 Å². The molecule has 1 aliphatic heterocycles. The van der Waals surface area contributed by atoms with Gasteiger partial charge in [0.15, 0.2) is 11.6 Å². The zero-order valence-corrected chi connectivity index (χ0v) is 15.0. The van der Waals surface area contributed by atoms with Crippen molar-refractivity contribution in [2.24, 2.45) is 0 Å². The molecule has 2 aromatic rings. The Morgan fingerprint density at radius 2 is 1.84 bits per heavy atom. The first-order chi connectivity index (χ1) is 11.9. The summed E-state index contributed by atoms with van der Waals surface area (Å²) in [6, 6.07) is 6.51. The summed E-state index contributed by atoms with van der Waals surface area (Å²) in [7, 11) is -3.73. The predicted octanol–water partition coefficient (Wildman–Crippen LogP) is 2.76. The average molecular weight is 369 g/mol. The topological polar surface area (TPSA) is 45.6 Å². The van der Waals surface area contributed by atoms with Gasteiger partial charge in [0.05, 0.1) is 6.04 Å². The molecule has 0 fully saturated rings. The van der Waals surface area contributed by atoms with Crippen molar-refractivity contribution in [3.8, 4) is 0 Å². The van der Waals surface area contributed by atoms with Crippen LogP contribution in [-0.4, -0.2) is 41.2 Å². The fourth-order valence-electron chi connectivity index (χ4n) is 3.33. The largest absolute Gasteiger partial charge is 0.348 e. The molecule has 1 unspecified atom stereocenters. The number of nitrogens with zero attached hydrogens (tertiary/aromatic N) is 3. The van der Waals surface area contributed by atoms with E-state index in [1.807, 2.05) is 22.9 Å². The molecule has 0 radical (unpaired) electrons. The number of rotatable bonds is 5. The van der Waals surface area contributed by atoms with Gasteiger partial charge in [0.2, 0.25) is 0 Å². The highest BCUT2D eigenvalue weighted by atomic mass is 32.2. The minimum absolute atomic E-state index is 0.268. The average Bonchev–Trinajstić information content (AvgIpc) is 3.06. The van der Waals surface area contributed by atoms with Crippen molar-refractivity contribution in [1.29, 1.82) is 0 Å². The van der Waals surface area contributed by atoms with E-state index < -0.39 is 27.9 Å². The van der Waals surface area contributed by atoms with E-state index in [4.69, 9.17) is 0 Å². The highest BCUT2D eigenvalue weighted by molar-refractivity contribution is 7.86. The predicted molar refractivity (Wildman–Crippen MR) is 91.2 cm³/mol. The molecular weight excluding hydrogens is 348 g/mol. The summed E-state index contributed by atoms with van der Waals surface area (Å²) in [6.45, 7) is 5.04. The highest BCUT2D eigenvalue weighted by Crippen LogP contribution is 2.35. The second-order valence-corrected chi connectivity index (χ2v) is 7.79. The molecule has 136 valence electrons. The summed E-state index contributed by atoms with van der Waals surface area (Å²) in [5.41, 5.74) is 1.15. The standard InChI is InChI=1S/C17H21F2N3O2S/c1-3-21(4-2)25(23,24)22-11-10-20-9-5-6-16(20)17(22)13-7-8-14(18)15(19)12-13/h5-9,12,17H,3-4,10-11H2,1-2H3. The van der Waals surface area contributed by atoms with E-state index in [9.17, 15) is 17.2 Å². The van der Waals surface area contributed by atoms with Crippen molar-refractivity contribution in [1.82, 2.24) is 13.2 Å². The van der Waals surface area contributed by atoms with Crippen molar-refractivity contribution in [2.75, 3.05) is 19.6 Å². The van der Waals surface area contributed by atoms with Gasteiger partial charge < -0.3 is 4.57 Å². The zero-order chi connectivity index (χ0) is 18.2.